The predicted molar refractivity (Wildman–Crippen MR) is 112 cm³/mol. The van der Waals surface area contributed by atoms with Crippen molar-refractivity contribution in [3.63, 3.8) is 0 Å². The highest BCUT2D eigenvalue weighted by Crippen LogP contribution is 2.31. The molecule has 0 radical (unpaired) electrons. The molecule has 1 amide bonds. The van der Waals surface area contributed by atoms with E-state index in [1.165, 1.54) is 28.0 Å². The molecule has 3 aromatic rings. The number of thiophene rings is 1. The molecule has 9 heteroatoms. The first-order valence-electron chi connectivity index (χ1n) is 9.38. The fraction of sp³-hybridized carbons (Fsp3) is 0.421. The molecule has 1 aliphatic rings. The molecule has 0 atom stereocenters. The Morgan fingerprint density at radius 2 is 2.11 bits per heavy atom. The normalized spacial score (nSPS) is 15.4. The Labute approximate surface area is 170 Å². The summed E-state index contributed by atoms with van der Waals surface area (Å²) in [5.74, 6) is -0.312. The van der Waals surface area contributed by atoms with Crippen molar-refractivity contribution in [1.82, 2.24) is 9.55 Å². The Morgan fingerprint density at radius 3 is 2.89 bits per heavy atom. The average Bonchev–Trinajstić information content (AvgIpc) is 3.08. The number of primary amides is 1. The van der Waals surface area contributed by atoms with Gasteiger partial charge in [-0.15, -0.1) is 11.3 Å². The molecule has 0 bridgehead atoms. The number of hydrogen-bond acceptors (Lipinski definition) is 6. The van der Waals surface area contributed by atoms with E-state index in [2.05, 4.69) is 0 Å². The lowest BCUT2D eigenvalue weighted by Crippen LogP contribution is -3.14. The highest BCUT2D eigenvalue weighted by molar-refractivity contribution is 7.99. The number of rotatable bonds is 7. The van der Waals surface area contributed by atoms with Crippen LogP contribution in [0.2, 0.25) is 0 Å². The topological polar surface area (TPSA) is 91.7 Å². The van der Waals surface area contributed by atoms with E-state index in [1.807, 2.05) is 24.3 Å². The molecular formula is C19H23N4O3S2+. The fourth-order valence-electron chi connectivity index (χ4n) is 3.49. The summed E-state index contributed by atoms with van der Waals surface area (Å²) in [6.07, 6.45) is 0.872. The summed E-state index contributed by atoms with van der Waals surface area (Å²) in [5, 5.41) is 1.54. The summed E-state index contributed by atoms with van der Waals surface area (Å²) < 4.78 is 8.83. The lowest BCUT2D eigenvalue weighted by atomic mass is 10.2. The molecule has 7 nitrogen and oxygen atoms in total. The molecule has 1 saturated heterocycles. The van der Waals surface area contributed by atoms with Crippen LogP contribution in [-0.4, -0.2) is 54.1 Å². The van der Waals surface area contributed by atoms with Crippen molar-refractivity contribution in [2.24, 2.45) is 5.73 Å². The third-order valence-electron chi connectivity index (χ3n) is 4.90. The summed E-state index contributed by atoms with van der Waals surface area (Å²) in [5.41, 5.74) is 6.00. The van der Waals surface area contributed by atoms with Crippen LogP contribution in [0.15, 0.2) is 34.2 Å². The third kappa shape index (κ3) is 4.07. The maximum Gasteiger partial charge on any atom is 0.272 e. The second kappa shape index (κ2) is 8.60. The standard InChI is InChI=1S/C19H22N4O3S2/c20-15(24)12-27-19-21-16-13-4-1-2-5-14(13)28-17(16)18(25)23(19)7-3-6-22-8-10-26-11-9-22/h1-2,4-5H,3,6-12H2,(H2,20,24)/p+1. The van der Waals surface area contributed by atoms with Crippen molar-refractivity contribution in [2.45, 2.75) is 18.1 Å². The first kappa shape index (κ1) is 19.4. The molecule has 2 aromatic heterocycles. The Bertz CT molecular complexity index is 1060. The predicted octanol–water partition coefficient (Wildman–Crippen LogP) is 0.494. The average molecular weight is 420 g/mol. The van der Waals surface area contributed by atoms with Crippen LogP contribution in [0.3, 0.4) is 0 Å². The van der Waals surface area contributed by atoms with Crippen molar-refractivity contribution in [3.05, 3.63) is 34.6 Å². The van der Waals surface area contributed by atoms with E-state index >= 15 is 0 Å². The van der Waals surface area contributed by atoms with Crippen LogP contribution in [0, 0.1) is 0 Å². The zero-order valence-corrected chi connectivity index (χ0v) is 17.1. The number of carbonyl (C=O) groups excluding carboxylic acids is 1. The van der Waals surface area contributed by atoms with Gasteiger partial charge in [0.1, 0.15) is 17.8 Å². The number of nitrogens with zero attached hydrogens (tertiary/aromatic N) is 2. The number of aromatic nitrogens is 2. The number of fused-ring (bicyclic) bond motifs is 3. The molecular weight excluding hydrogens is 396 g/mol. The first-order chi connectivity index (χ1) is 13.6. The van der Waals surface area contributed by atoms with Gasteiger partial charge in [0.15, 0.2) is 5.16 Å². The summed E-state index contributed by atoms with van der Waals surface area (Å²) >= 11 is 2.72. The minimum atomic E-state index is -0.418. The van der Waals surface area contributed by atoms with Gasteiger partial charge in [0.25, 0.3) is 5.56 Å². The molecule has 1 aliphatic heterocycles. The molecule has 0 spiro atoms. The molecule has 148 valence electrons. The number of carbonyl (C=O) groups is 1. The van der Waals surface area contributed by atoms with Gasteiger partial charge in [-0.1, -0.05) is 30.0 Å². The molecule has 28 heavy (non-hydrogen) atoms. The Kier molecular flexibility index (Phi) is 5.96. The van der Waals surface area contributed by atoms with Gasteiger partial charge in [-0.3, -0.25) is 14.2 Å². The minimum absolute atomic E-state index is 0.0323. The fourth-order valence-corrected chi connectivity index (χ4v) is 5.34. The Morgan fingerprint density at radius 1 is 1.32 bits per heavy atom. The number of quaternary nitrogens is 1. The van der Waals surface area contributed by atoms with Gasteiger partial charge >= 0.3 is 0 Å². The van der Waals surface area contributed by atoms with E-state index < -0.39 is 5.91 Å². The van der Waals surface area contributed by atoms with E-state index in [0.29, 0.717) is 21.9 Å². The van der Waals surface area contributed by atoms with Crippen molar-refractivity contribution < 1.29 is 14.4 Å². The Hall–Kier alpha value is -1.94. The molecule has 0 unspecified atom stereocenters. The van der Waals surface area contributed by atoms with E-state index in [4.69, 9.17) is 15.5 Å². The van der Waals surface area contributed by atoms with Crippen LogP contribution >= 0.6 is 23.1 Å². The lowest BCUT2D eigenvalue weighted by molar-refractivity contribution is -0.908. The largest absolute Gasteiger partial charge is 0.370 e. The van der Waals surface area contributed by atoms with Crippen LogP contribution in [0.5, 0.6) is 0 Å². The van der Waals surface area contributed by atoms with Crippen LogP contribution in [-0.2, 0) is 16.1 Å². The van der Waals surface area contributed by atoms with E-state index in [9.17, 15) is 9.59 Å². The van der Waals surface area contributed by atoms with Gasteiger partial charge in [-0.25, -0.2) is 4.98 Å². The number of thioether (sulfide) groups is 1. The number of ether oxygens (including phenoxy) is 1. The molecule has 3 heterocycles. The van der Waals surface area contributed by atoms with Crippen molar-refractivity contribution in [3.8, 4) is 0 Å². The molecule has 1 aromatic carbocycles. The first-order valence-corrected chi connectivity index (χ1v) is 11.2. The molecule has 0 aliphatic carbocycles. The van der Waals surface area contributed by atoms with Gasteiger partial charge in [-0.05, 0) is 6.07 Å². The van der Waals surface area contributed by atoms with Gasteiger partial charge < -0.3 is 15.4 Å². The van der Waals surface area contributed by atoms with Crippen molar-refractivity contribution in [1.29, 1.82) is 0 Å². The summed E-state index contributed by atoms with van der Waals surface area (Å²) in [7, 11) is 0. The van der Waals surface area contributed by atoms with Gasteiger partial charge in [-0.2, -0.15) is 0 Å². The summed E-state index contributed by atoms with van der Waals surface area (Å²) in [6.45, 7) is 5.17. The molecule has 0 saturated carbocycles. The van der Waals surface area contributed by atoms with Crippen LogP contribution in [0.25, 0.3) is 20.3 Å². The molecule has 1 fully saturated rings. The zero-order valence-electron chi connectivity index (χ0n) is 15.5. The smallest absolute Gasteiger partial charge is 0.272 e. The zero-order chi connectivity index (χ0) is 19.5. The number of nitrogens with one attached hydrogen (secondary N) is 1. The van der Waals surface area contributed by atoms with Crippen LogP contribution in [0.4, 0.5) is 0 Å². The van der Waals surface area contributed by atoms with Gasteiger partial charge in [0, 0.05) is 23.1 Å². The van der Waals surface area contributed by atoms with Crippen LogP contribution < -0.4 is 16.2 Å². The summed E-state index contributed by atoms with van der Waals surface area (Å²) in [4.78, 5) is 30.8. The molecule has 3 N–H and O–H groups in total. The highest BCUT2D eigenvalue weighted by atomic mass is 32.2. The van der Waals surface area contributed by atoms with E-state index in [1.54, 1.807) is 4.57 Å². The van der Waals surface area contributed by atoms with Crippen molar-refractivity contribution >= 4 is 49.3 Å². The lowest BCUT2D eigenvalue weighted by Gasteiger charge is -2.23. The third-order valence-corrected chi connectivity index (χ3v) is 7.05. The second-order valence-electron chi connectivity index (χ2n) is 6.85. The monoisotopic (exact) mass is 419 g/mol. The number of hydrogen-bond donors (Lipinski definition) is 2. The maximum absolute atomic E-state index is 13.2. The quantitative estimate of drug-likeness (QED) is 0.430. The molecule has 4 rings (SSSR count). The number of amides is 1. The number of morpholine rings is 1. The minimum Gasteiger partial charge on any atom is -0.370 e. The number of benzene rings is 1. The van der Waals surface area contributed by atoms with Crippen molar-refractivity contribution in [2.75, 3.05) is 38.6 Å². The van der Waals surface area contributed by atoms with E-state index in [0.717, 1.165) is 49.4 Å². The Balaban J connectivity index is 1.66. The maximum atomic E-state index is 13.2. The second-order valence-corrected chi connectivity index (χ2v) is 8.84. The SMILES string of the molecule is NC(=O)CSc1nc2c(sc3ccccc32)c(=O)n1CCC[NH+]1CCOCC1. The van der Waals surface area contributed by atoms with E-state index in [-0.39, 0.29) is 11.3 Å². The van der Waals surface area contributed by atoms with Crippen LogP contribution in [0.1, 0.15) is 6.42 Å². The van der Waals surface area contributed by atoms with Gasteiger partial charge in [0.05, 0.1) is 31.0 Å². The summed E-state index contributed by atoms with van der Waals surface area (Å²) in [6, 6.07) is 7.89. The van der Waals surface area contributed by atoms with Gasteiger partial charge in [0.2, 0.25) is 5.91 Å². The highest BCUT2D eigenvalue weighted by Gasteiger charge is 2.18. The number of nitrogens with two attached hydrogens (primary N) is 1.